The third-order valence-electron chi connectivity index (χ3n) is 4.31. The molecule has 25 heavy (non-hydrogen) atoms. The van der Waals surface area contributed by atoms with E-state index in [1.54, 1.807) is 6.07 Å². The van der Waals surface area contributed by atoms with Crippen LogP contribution in [0.15, 0.2) is 78.9 Å². The van der Waals surface area contributed by atoms with Crippen LogP contribution in [0.3, 0.4) is 0 Å². The molecule has 1 heterocycles. The smallest absolute Gasteiger partial charge is 0.305 e. The fourth-order valence-electron chi connectivity index (χ4n) is 3.08. The van der Waals surface area contributed by atoms with Crippen molar-refractivity contribution in [2.75, 3.05) is 7.11 Å². The van der Waals surface area contributed by atoms with E-state index >= 15 is 0 Å². The predicted molar refractivity (Wildman–Crippen MR) is 93.3 cm³/mol. The van der Waals surface area contributed by atoms with Gasteiger partial charge in [-0.1, -0.05) is 66.7 Å². The van der Waals surface area contributed by atoms with Gasteiger partial charge < -0.3 is 19.3 Å². The summed E-state index contributed by atoms with van der Waals surface area (Å²) in [4.78, 5) is 0. The Morgan fingerprint density at radius 1 is 0.800 bits per heavy atom. The second kappa shape index (κ2) is 6.24. The van der Waals surface area contributed by atoms with Gasteiger partial charge >= 0.3 is 5.79 Å². The maximum absolute atomic E-state index is 10.1. The van der Waals surface area contributed by atoms with Crippen molar-refractivity contribution >= 4 is 0 Å². The van der Waals surface area contributed by atoms with E-state index in [-0.39, 0.29) is 0 Å². The van der Waals surface area contributed by atoms with Crippen LogP contribution in [0.1, 0.15) is 23.0 Å². The van der Waals surface area contributed by atoms with Crippen molar-refractivity contribution in [1.82, 2.24) is 0 Å². The van der Waals surface area contributed by atoms with Gasteiger partial charge in [0.2, 0.25) is 0 Å². The summed E-state index contributed by atoms with van der Waals surface area (Å²) in [6.07, 6.45) is -1.08. The van der Waals surface area contributed by atoms with Gasteiger partial charge in [0.05, 0.1) is 5.56 Å². The lowest BCUT2D eigenvalue weighted by Crippen LogP contribution is -2.36. The van der Waals surface area contributed by atoms with Crippen LogP contribution in [0.2, 0.25) is 0 Å². The summed E-state index contributed by atoms with van der Waals surface area (Å²) < 4.78 is 17.7. The third-order valence-corrected chi connectivity index (χ3v) is 4.31. The van der Waals surface area contributed by atoms with Crippen molar-refractivity contribution in [3.63, 3.8) is 0 Å². The van der Waals surface area contributed by atoms with Gasteiger partial charge in [0.1, 0.15) is 0 Å². The van der Waals surface area contributed by atoms with E-state index in [9.17, 15) is 5.11 Å². The summed E-state index contributed by atoms with van der Waals surface area (Å²) >= 11 is 0. The number of fused-ring (bicyclic) bond motifs is 1. The van der Waals surface area contributed by atoms with Crippen LogP contribution < -0.4 is 9.47 Å². The van der Waals surface area contributed by atoms with Crippen molar-refractivity contribution in [2.24, 2.45) is 0 Å². The summed E-state index contributed by atoms with van der Waals surface area (Å²) in [7, 11) is 1.45. The molecule has 0 fully saturated rings. The van der Waals surface area contributed by atoms with E-state index in [0.717, 1.165) is 11.1 Å². The fraction of sp³-hybridized carbons (Fsp3) is 0.143. The number of para-hydroxylation sites is 1. The quantitative estimate of drug-likeness (QED) is 0.733. The number of aliphatic hydroxyl groups excluding tert-OH is 1. The Bertz CT molecular complexity index is 822. The van der Waals surface area contributed by atoms with E-state index in [4.69, 9.17) is 14.2 Å². The molecule has 0 saturated heterocycles. The Morgan fingerprint density at radius 3 is 1.96 bits per heavy atom. The lowest BCUT2D eigenvalue weighted by Gasteiger charge is -2.28. The maximum Gasteiger partial charge on any atom is 0.305 e. The van der Waals surface area contributed by atoms with Gasteiger partial charge in [0.15, 0.2) is 17.8 Å². The second-order valence-corrected chi connectivity index (χ2v) is 5.82. The zero-order chi connectivity index (χ0) is 17.3. The van der Waals surface area contributed by atoms with Crippen molar-refractivity contribution in [2.45, 2.75) is 12.1 Å². The highest BCUT2D eigenvalue weighted by molar-refractivity contribution is 5.53. The molecule has 0 saturated carbocycles. The molecule has 1 atom stereocenters. The van der Waals surface area contributed by atoms with Gasteiger partial charge in [-0.3, -0.25) is 0 Å². The predicted octanol–water partition coefficient (Wildman–Crippen LogP) is 4.00. The Kier molecular flexibility index (Phi) is 3.92. The number of benzene rings is 3. The molecule has 0 bridgehead atoms. The minimum Gasteiger partial charge on any atom is -0.440 e. The van der Waals surface area contributed by atoms with Gasteiger partial charge in [-0.2, -0.15) is 0 Å². The summed E-state index contributed by atoms with van der Waals surface area (Å²) in [6, 6.07) is 24.9. The third kappa shape index (κ3) is 2.56. The van der Waals surface area contributed by atoms with Crippen LogP contribution in [0.5, 0.6) is 11.5 Å². The first-order valence-corrected chi connectivity index (χ1v) is 8.07. The van der Waals surface area contributed by atoms with Gasteiger partial charge in [0, 0.05) is 18.2 Å². The lowest BCUT2D eigenvalue weighted by atomic mass is 9.97. The first kappa shape index (κ1) is 15.7. The van der Waals surface area contributed by atoms with E-state index in [1.807, 2.05) is 72.8 Å². The van der Waals surface area contributed by atoms with E-state index in [1.165, 1.54) is 7.11 Å². The number of aliphatic hydroxyl groups is 1. The number of hydrogen-bond acceptors (Lipinski definition) is 4. The Labute approximate surface area is 146 Å². The zero-order valence-electron chi connectivity index (χ0n) is 13.8. The molecule has 0 amide bonds. The highest BCUT2D eigenvalue weighted by Gasteiger charge is 2.46. The highest BCUT2D eigenvalue weighted by Crippen LogP contribution is 2.50. The molecule has 0 aliphatic carbocycles. The fourth-order valence-corrected chi connectivity index (χ4v) is 3.08. The van der Waals surface area contributed by atoms with Gasteiger partial charge in [-0.15, -0.1) is 0 Å². The molecular formula is C21H18O4. The minimum absolute atomic E-state index is 0.490. The van der Waals surface area contributed by atoms with Crippen LogP contribution in [0.25, 0.3) is 0 Å². The summed E-state index contributed by atoms with van der Waals surface area (Å²) in [5, 5.41) is 10.1. The van der Waals surface area contributed by atoms with Crippen molar-refractivity contribution in [3.05, 3.63) is 95.6 Å². The van der Waals surface area contributed by atoms with Crippen LogP contribution in [0, 0.1) is 0 Å². The first-order valence-electron chi connectivity index (χ1n) is 8.07. The molecular weight excluding hydrogens is 316 g/mol. The Morgan fingerprint density at radius 2 is 1.40 bits per heavy atom. The minimum atomic E-state index is -1.10. The van der Waals surface area contributed by atoms with Crippen LogP contribution in [-0.4, -0.2) is 12.2 Å². The average molecular weight is 334 g/mol. The molecule has 1 aliphatic heterocycles. The van der Waals surface area contributed by atoms with E-state index in [0.29, 0.717) is 17.1 Å². The van der Waals surface area contributed by atoms with Gasteiger partial charge in [-0.05, 0) is 12.1 Å². The summed E-state index contributed by atoms with van der Waals surface area (Å²) in [5.74, 6) is -0.0418. The number of rotatable bonds is 4. The SMILES string of the molecule is COC(O)c1cccc2c1OC(c1ccccc1)(c1ccccc1)O2. The summed E-state index contributed by atoms with van der Waals surface area (Å²) in [5.41, 5.74) is 2.28. The summed E-state index contributed by atoms with van der Waals surface area (Å²) in [6.45, 7) is 0. The molecule has 1 aliphatic rings. The molecule has 3 aromatic carbocycles. The van der Waals surface area contributed by atoms with E-state index < -0.39 is 12.1 Å². The molecule has 1 unspecified atom stereocenters. The van der Waals surface area contributed by atoms with Crippen LogP contribution >= 0.6 is 0 Å². The first-order chi connectivity index (χ1) is 12.2. The monoisotopic (exact) mass is 334 g/mol. The molecule has 0 spiro atoms. The van der Waals surface area contributed by atoms with Gasteiger partial charge in [-0.25, -0.2) is 0 Å². The van der Waals surface area contributed by atoms with Crippen LogP contribution in [0.4, 0.5) is 0 Å². The van der Waals surface area contributed by atoms with Crippen LogP contribution in [-0.2, 0) is 10.5 Å². The zero-order valence-corrected chi connectivity index (χ0v) is 13.8. The van der Waals surface area contributed by atoms with E-state index in [2.05, 4.69) is 0 Å². The number of ether oxygens (including phenoxy) is 3. The average Bonchev–Trinajstić information content (AvgIpc) is 3.09. The molecule has 126 valence electrons. The molecule has 4 nitrogen and oxygen atoms in total. The highest BCUT2D eigenvalue weighted by atomic mass is 16.7. The molecule has 4 heteroatoms. The standard InChI is InChI=1S/C21H18O4/c1-23-20(22)17-13-8-14-18-19(17)25-21(24-18,15-9-4-2-5-10-15)16-11-6-3-7-12-16/h2-14,20,22H,1H3. The molecule has 0 aromatic heterocycles. The largest absolute Gasteiger partial charge is 0.440 e. The van der Waals surface area contributed by atoms with Crippen molar-refractivity contribution in [3.8, 4) is 11.5 Å². The normalized spacial score (nSPS) is 15.8. The Hall–Kier alpha value is -2.82. The molecule has 3 aromatic rings. The molecule has 1 N–H and O–H groups in total. The number of hydrogen-bond donors (Lipinski definition) is 1. The van der Waals surface area contributed by atoms with Crippen molar-refractivity contribution in [1.29, 1.82) is 0 Å². The molecule has 4 rings (SSSR count). The second-order valence-electron chi connectivity index (χ2n) is 5.82. The lowest BCUT2D eigenvalue weighted by molar-refractivity contribution is -0.0824. The maximum atomic E-state index is 10.1. The topological polar surface area (TPSA) is 47.9 Å². The molecule has 0 radical (unpaired) electrons. The van der Waals surface area contributed by atoms with Crippen molar-refractivity contribution < 1.29 is 19.3 Å². The Balaban J connectivity index is 1.88. The number of methoxy groups -OCH3 is 1. The van der Waals surface area contributed by atoms with Gasteiger partial charge in [0.25, 0.3) is 0 Å².